The first-order valence-corrected chi connectivity index (χ1v) is 5.39. The zero-order chi connectivity index (χ0) is 10.8. The summed E-state index contributed by atoms with van der Waals surface area (Å²) in [5, 5.41) is 12.4. The van der Waals surface area contributed by atoms with Crippen molar-refractivity contribution in [1.29, 1.82) is 0 Å². The molecule has 4 heteroatoms. The Labute approximate surface area is 93.1 Å². The number of hydrogen-bond acceptors (Lipinski definition) is 2. The first kappa shape index (κ1) is 10.9. The summed E-state index contributed by atoms with van der Waals surface area (Å²) < 4.78 is 13.4. The first-order chi connectivity index (χ1) is 7.16. The van der Waals surface area contributed by atoms with Crippen molar-refractivity contribution in [2.75, 3.05) is 0 Å². The monoisotopic (exact) mass is 229 g/mol. The second-order valence-corrected chi connectivity index (χ2v) is 4.32. The van der Waals surface area contributed by atoms with Crippen LogP contribution in [-0.4, -0.2) is 17.3 Å². The quantitative estimate of drug-likeness (QED) is 0.832. The lowest BCUT2D eigenvalue weighted by atomic mass is 9.89. The minimum atomic E-state index is -0.355. The lowest BCUT2D eigenvalue weighted by molar-refractivity contribution is 0.0618. The Morgan fingerprint density at radius 3 is 2.87 bits per heavy atom. The summed E-state index contributed by atoms with van der Waals surface area (Å²) in [5.41, 5.74) is 0.573. The highest BCUT2D eigenvalue weighted by Crippen LogP contribution is 2.21. The molecule has 0 radical (unpaired) electrons. The lowest BCUT2D eigenvalue weighted by Gasteiger charge is -2.32. The van der Waals surface area contributed by atoms with Gasteiger partial charge in [-0.25, -0.2) is 4.39 Å². The van der Waals surface area contributed by atoms with Crippen LogP contribution in [0, 0.1) is 5.82 Å². The third-order valence-corrected chi connectivity index (χ3v) is 3.02. The zero-order valence-corrected chi connectivity index (χ0v) is 8.97. The van der Waals surface area contributed by atoms with E-state index >= 15 is 0 Å². The molecule has 1 fully saturated rings. The van der Waals surface area contributed by atoms with Crippen LogP contribution in [0.4, 0.5) is 4.39 Å². The van der Waals surface area contributed by atoms with Gasteiger partial charge in [0.05, 0.1) is 11.1 Å². The molecule has 82 valence electrons. The molecule has 2 rings (SSSR count). The summed E-state index contributed by atoms with van der Waals surface area (Å²) >= 11 is 5.66. The topological polar surface area (TPSA) is 32.3 Å². The van der Waals surface area contributed by atoms with Crippen LogP contribution in [0.2, 0.25) is 5.02 Å². The predicted octanol–water partition coefficient (Wildman–Crippen LogP) is 2.09. The Bertz CT molecular complexity index is 352. The number of rotatable bonds is 3. The van der Waals surface area contributed by atoms with Crippen molar-refractivity contribution in [1.82, 2.24) is 5.32 Å². The van der Waals surface area contributed by atoms with Gasteiger partial charge < -0.3 is 10.4 Å². The minimum absolute atomic E-state index is 0.156. The molecule has 2 N–H and O–H groups in total. The minimum Gasteiger partial charge on any atom is -0.393 e. The van der Waals surface area contributed by atoms with Gasteiger partial charge in [-0.15, -0.1) is 0 Å². The molecule has 0 aromatic heterocycles. The Morgan fingerprint density at radius 1 is 1.47 bits per heavy atom. The highest BCUT2D eigenvalue weighted by molar-refractivity contribution is 6.30. The normalized spacial score (nSPS) is 25.0. The van der Waals surface area contributed by atoms with Crippen molar-refractivity contribution in [3.05, 3.63) is 34.6 Å². The number of hydrogen-bond donors (Lipinski definition) is 2. The van der Waals surface area contributed by atoms with Crippen molar-refractivity contribution < 1.29 is 9.50 Å². The van der Waals surface area contributed by atoms with Crippen LogP contribution in [0.3, 0.4) is 0 Å². The summed E-state index contributed by atoms with van der Waals surface area (Å²) in [4.78, 5) is 0. The van der Waals surface area contributed by atoms with Crippen molar-refractivity contribution in [2.45, 2.75) is 31.5 Å². The van der Waals surface area contributed by atoms with Crippen LogP contribution >= 0.6 is 11.6 Å². The molecule has 1 saturated carbocycles. The summed E-state index contributed by atoms with van der Waals surface area (Å²) in [5.74, 6) is -0.355. The molecular formula is C11H13ClFNO. The highest BCUT2D eigenvalue weighted by atomic mass is 35.5. The predicted molar refractivity (Wildman–Crippen MR) is 57.3 cm³/mol. The van der Waals surface area contributed by atoms with Crippen LogP contribution in [0.1, 0.15) is 18.4 Å². The third kappa shape index (κ3) is 2.48. The average molecular weight is 230 g/mol. The van der Waals surface area contributed by atoms with Gasteiger partial charge in [0.2, 0.25) is 0 Å². The zero-order valence-electron chi connectivity index (χ0n) is 8.21. The third-order valence-electron chi connectivity index (χ3n) is 2.73. The molecule has 0 unspecified atom stereocenters. The average Bonchev–Trinajstić information content (AvgIpc) is 2.17. The fourth-order valence-electron chi connectivity index (χ4n) is 1.69. The van der Waals surface area contributed by atoms with Gasteiger partial charge in [0.15, 0.2) is 0 Å². The molecule has 0 heterocycles. The summed E-state index contributed by atoms with van der Waals surface area (Å²) in [6.45, 7) is 0.462. The Morgan fingerprint density at radius 2 is 2.20 bits per heavy atom. The van der Waals surface area contributed by atoms with Crippen LogP contribution in [0.25, 0.3) is 0 Å². The van der Waals surface area contributed by atoms with Gasteiger partial charge in [-0.2, -0.15) is 0 Å². The molecule has 1 aliphatic carbocycles. The molecule has 0 saturated heterocycles. The highest BCUT2D eigenvalue weighted by Gasteiger charge is 2.26. The van der Waals surface area contributed by atoms with Gasteiger partial charge in [-0.1, -0.05) is 23.7 Å². The van der Waals surface area contributed by atoms with Crippen LogP contribution in [0.15, 0.2) is 18.2 Å². The molecule has 0 aliphatic heterocycles. The number of benzene rings is 1. The van der Waals surface area contributed by atoms with E-state index in [2.05, 4.69) is 5.32 Å². The van der Waals surface area contributed by atoms with Crippen molar-refractivity contribution >= 4 is 11.6 Å². The molecule has 1 aliphatic rings. The van der Waals surface area contributed by atoms with Gasteiger partial charge >= 0.3 is 0 Å². The van der Waals surface area contributed by atoms with E-state index in [0.717, 1.165) is 12.8 Å². The SMILES string of the molecule is OC1CC(NCc2cccc(Cl)c2F)C1. The Kier molecular flexibility index (Phi) is 3.24. The molecule has 2 nitrogen and oxygen atoms in total. The number of aliphatic hydroxyl groups excluding tert-OH is 1. The fraction of sp³-hybridized carbons (Fsp3) is 0.455. The molecule has 0 spiro atoms. The molecule has 15 heavy (non-hydrogen) atoms. The summed E-state index contributed by atoms with van der Waals surface area (Å²) in [7, 11) is 0. The smallest absolute Gasteiger partial charge is 0.146 e. The van der Waals surface area contributed by atoms with E-state index in [1.54, 1.807) is 12.1 Å². The van der Waals surface area contributed by atoms with Gasteiger partial charge in [-0.3, -0.25) is 0 Å². The van der Waals surface area contributed by atoms with Crippen LogP contribution < -0.4 is 5.32 Å². The van der Waals surface area contributed by atoms with Crippen LogP contribution in [-0.2, 0) is 6.54 Å². The van der Waals surface area contributed by atoms with E-state index < -0.39 is 0 Å². The van der Waals surface area contributed by atoms with Gasteiger partial charge in [-0.05, 0) is 18.9 Å². The number of nitrogens with one attached hydrogen (secondary N) is 1. The van der Waals surface area contributed by atoms with E-state index in [1.807, 2.05) is 0 Å². The first-order valence-electron chi connectivity index (χ1n) is 5.01. The summed E-state index contributed by atoms with van der Waals surface area (Å²) in [6.07, 6.45) is 1.32. The molecule has 1 aromatic rings. The lowest BCUT2D eigenvalue weighted by Crippen LogP contribution is -2.43. The summed E-state index contributed by atoms with van der Waals surface area (Å²) in [6, 6.07) is 5.29. The van der Waals surface area contributed by atoms with Crippen molar-refractivity contribution in [3.63, 3.8) is 0 Å². The number of halogens is 2. The van der Waals surface area contributed by atoms with Crippen molar-refractivity contribution in [3.8, 4) is 0 Å². The molecule has 1 aromatic carbocycles. The molecule has 0 bridgehead atoms. The molecule has 0 atom stereocenters. The van der Waals surface area contributed by atoms with Gasteiger partial charge in [0, 0.05) is 18.2 Å². The van der Waals surface area contributed by atoms with E-state index in [1.165, 1.54) is 6.07 Å². The van der Waals surface area contributed by atoms with Gasteiger partial charge in [0.1, 0.15) is 5.82 Å². The van der Waals surface area contributed by atoms with E-state index in [9.17, 15) is 4.39 Å². The maximum Gasteiger partial charge on any atom is 0.146 e. The maximum absolute atomic E-state index is 13.4. The molecular weight excluding hydrogens is 217 g/mol. The standard InChI is InChI=1S/C11H13ClFNO/c12-10-3-1-2-7(11(10)13)6-14-8-4-9(15)5-8/h1-3,8-9,14-15H,4-6H2. The molecule has 0 amide bonds. The van der Waals surface area contributed by atoms with Gasteiger partial charge in [0.25, 0.3) is 0 Å². The second kappa shape index (κ2) is 4.47. The second-order valence-electron chi connectivity index (χ2n) is 3.92. The van der Waals surface area contributed by atoms with Crippen molar-refractivity contribution in [2.24, 2.45) is 0 Å². The Hall–Kier alpha value is -0.640. The van der Waals surface area contributed by atoms with Crippen LogP contribution in [0.5, 0.6) is 0 Å². The van der Waals surface area contributed by atoms with E-state index in [4.69, 9.17) is 16.7 Å². The Balaban J connectivity index is 1.91. The van der Waals surface area contributed by atoms with E-state index in [-0.39, 0.29) is 16.9 Å². The van der Waals surface area contributed by atoms with E-state index in [0.29, 0.717) is 18.2 Å². The number of aliphatic hydroxyl groups is 1. The largest absolute Gasteiger partial charge is 0.393 e. The maximum atomic E-state index is 13.4. The fourth-order valence-corrected chi connectivity index (χ4v) is 1.89.